The van der Waals surface area contributed by atoms with Crippen LogP contribution in [0.2, 0.25) is 5.02 Å². The third kappa shape index (κ3) is 4.43. The van der Waals surface area contributed by atoms with Crippen LogP contribution in [0.25, 0.3) is 5.69 Å². The van der Waals surface area contributed by atoms with E-state index in [9.17, 15) is 4.79 Å². The molecule has 0 aliphatic rings. The first-order chi connectivity index (χ1) is 12.1. The Morgan fingerprint density at radius 1 is 1.08 bits per heavy atom. The fourth-order valence-corrected chi connectivity index (χ4v) is 2.64. The first kappa shape index (κ1) is 17.1. The number of ether oxygens (including phenoxy) is 1. The predicted octanol–water partition coefficient (Wildman–Crippen LogP) is 4.28. The standard InChI is InChI=1S/C20H19ClN2O2/c1-22(13-14-25-19-6-4-5-17(21)15-19)20(24)16-7-9-18(10-8-16)23-11-2-3-12-23/h2-12,15H,13-14H2,1H3. The quantitative estimate of drug-likeness (QED) is 0.662. The van der Waals surface area contributed by atoms with E-state index in [0.717, 1.165) is 5.69 Å². The molecule has 128 valence electrons. The Bertz CT molecular complexity index is 829. The van der Waals surface area contributed by atoms with Crippen LogP contribution in [-0.4, -0.2) is 35.6 Å². The number of amides is 1. The zero-order valence-corrected chi connectivity index (χ0v) is 14.7. The van der Waals surface area contributed by atoms with Crippen LogP contribution in [0, 0.1) is 0 Å². The Morgan fingerprint density at radius 2 is 1.80 bits per heavy atom. The maximum Gasteiger partial charge on any atom is 0.253 e. The minimum absolute atomic E-state index is 0.0336. The van der Waals surface area contributed by atoms with Crippen LogP contribution >= 0.6 is 11.6 Å². The number of rotatable bonds is 6. The van der Waals surface area contributed by atoms with Crippen LogP contribution in [-0.2, 0) is 0 Å². The van der Waals surface area contributed by atoms with E-state index in [0.29, 0.717) is 29.5 Å². The molecule has 0 aliphatic carbocycles. The van der Waals surface area contributed by atoms with E-state index in [1.165, 1.54) is 0 Å². The molecule has 0 saturated heterocycles. The molecular formula is C20H19ClN2O2. The van der Waals surface area contributed by atoms with Crippen LogP contribution < -0.4 is 4.74 Å². The number of carbonyl (C=O) groups is 1. The Hall–Kier alpha value is -2.72. The summed E-state index contributed by atoms with van der Waals surface area (Å²) in [5, 5.41) is 0.629. The van der Waals surface area contributed by atoms with Gasteiger partial charge in [-0.15, -0.1) is 0 Å². The summed E-state index contributed by atoms with van der Waals surface area (Å²) in [6.07, 6.45) is 3.94. The van der Waals surface area contributed by atoms with Gasteiger partial charge in [0.05, 0.1) is 6.54 Å². The van der Waals surface area contributed by atoms with Gasteiger partial charge in [-0.2, -0.15) is 0 Å². The van der Waals surface area contributed by atoms with Gasteiger partial charge < -0.3 is 14.2 Å². The lowest BCUT2D eigenvalue weighted by Gasteiger charge is -2.18. The fourth-order valence-electron chi connectivity index (χ4n) is 2.46. The van der Waals surface area contributed by atoms with Gasteiger partial charge in [0.1, 0.15) is 12.4 Å². The number of likely N-dealkylation sites (N-methyl/N-ethyl adjacent to an activating group) is 1. The molecule has 5 heteroatoms. The summed E-state index contributed by atoms with van der Waals surface area (Å²) < 4.78 is 7.63. The molecule has 0 N–H and O–H groups in total. The number of carbonyl (C=O) groups excluding carboxylic acids is 1. The highest BCUT2D eigenvalue weighted by Crippen LogP contribution is 2.17. The molecule has 1 heterocycles. The van der Waals surface area contributed by atoms with Gasteiger partial charge in [-0.1, -0.05) is 17.7 Å². The summed E-state index contributed by atoms with van der Waals surface area (Å²) in [6.45, 7) is 0.898. The fraction of sp³-hybridized carbons (Fsp3) is 0.150. The number of nitrogens with zero attached hydrogens (tertiary/aromatic N) is 2. The van der Waals surface area contributed by atoms with Crippen molar-refractivity contribution in [2.24, 2.45) is 0 Å². The van der Waals surface area contributed by atoms with E-state index in [4.69, 9.17) is 16.3 Å². The minimum atomic E-state index is -0.0336. The molecule has 25 heavy (non-hydrogen) atoms. The molecule has 1 aromatic heterocycles. The van der Waals surface area contributed by atoms with Gasteiger partial charge in [0, 0.05) is 35.7 Å². The van der Waals surface area contributed by atoms with Crippen LogP contribution in [0.1, 0.15) is 10.4 Å². The molecule has 1 amide bonds. The second-order valence-corrected chi connectivity index (χ2v) is 6.11. The smallest absolute Gasteiger partial charge is 0.253 e. The van der Waals surface area contributed by atoms with E-state index < -0.39 is 0 Å². The Kier molecular flexibility index (Phi) is 5.41. The van der Waals surface area contributed by atoms with Crippen LogP contribution in [0.15, 0.2) is 73.1 Å². The van der Waals surface area contributed by atoms with Crippen molar-refractivity contribution in [3.05, 3.63) is 83.6 Å². The lowest BCUT2D eigenvalue weighted by molar-refractivity contribution is 0.0774. The monoisotopic (exact) mass is 354 g/mol. The van der Waals surface area contributed by atoms with Crippen molar-refractivity contribution in [1.82, 2.24) is 9.47 Å². The van der Waals surface area contributed by atoms with Crippen LogP contribution in [0.3, 0.4) is 0 Å². The van der Waals surface area contributed by atoms with Gasteiger partial charge >= 0.3 is 0 Å². The van der Waals surface area contributed by atoms with E-state index >= 15 is 0 Å². The zero-order chi connectivity index (χ0) is 17.6. The molecule has 4 nitrogen and oxygen atoms in total. The average molecular weight is 355 g/mol. The lowest BCUT2D eigenvalue weighted by atomic mass is 10.2. The number of hydrogen-bond donors (Lipinski definition) is 0. The summed E-state index contributed by atoms with van der Waals surface area (Å²) >= 11 is 5.92. The SMILES string of the molecule is CN(CCOc1cccc(Cl)c1)C(=O)c1ccc(-n2cccc2)cc1. The maximum atomic E-state index is 12.5. The molecule has 0 bridgehead atoms. The van der Waals surface area contributed by atoms with E-state index in [2.05, 4.69) is 0 Å². The Balaban J connectivity index is 1.55. The van der Waals surface area contributed by atoms with Gasteiger partial charge in [0.25, 0.3) is 5.91 Å². The second-order valence-electron chi connectivity index (χ2n) is 5.67. The van der Waals surface area contributed by atoms with Crippen molar-refractivity contribution in [3.8, 4) is 11.4 Å². The molecule has 3 rings (SSSR count). The first-order valence-electron chi connectivity index (χ1n) is 8.01. The predicted molar refractivity (Wildman–Crippen MR) is 99.7 cm³/mol. The maximum absolute atomic E-state index is 12.5. The highest BCUT2D eigenvalue weighted by Gasteiger charge is 2.11. The molecule has 0 unspecified atom stereocenters. The van der Waals surface area contributed by atoms with Crippen molar-refractivity contribution in [3.63, 3.8) is 0 Å². The highest BCUT2D eigenvalue weighted by molar-refractivity contribution is 6.30. The molecule has 0 radical (unpaired) electrons. The largest absolute Gasteiger partial charge is 0.492 e. The van der Waals surface area contributed by atoms with Crippen LogP contribution in [0.4, 0.5) is 0 Å². The van der Waals surface area contributed by atoms with Crippen molar-refractivity contribution in [1.29, 1.82) is 0 Å². The third-order valence-corrected chi connectivity index (χ3v) is 4.09. The van der Waals surface area contributed by atoms with E-state index in [-0.39, 0.29) is 5.91 Å². The molecule has 0 spiro atoms. The van der Waals surface area contributed by atoms with Crippen molar-refractivity contribution in [2.45, 2.75) is 0 Å². The summed E-state index contributed by atoms with van der Waals surface area (Å²) in [7, 11) is 1.77. The lowest BCUT2D eigenvalue weighted by Crippen LogP contribution is -2.30. The second kappa shape index (κ2) is 7.90. The average Bonchev–Trinajstić information content (AvgIpc) is 3.16. The van der Waals surface area contributed by atoms with Gasteiger partial charge in [0.2, 0.25) is 0 Å². The van der Waals surface area contributed by atoms with Gasteiger partial charge in [-0.05, 0) is 54.6 Å². The number of hydrogen-bond acceptors (Lipinski definition) is 2. The van der Waals surface area contributed by atoms with Gasteiger partial charge in [0.15, 0.2) is 0 Å². The van der Waals surface area contributed by atoms with Crippen LogP contribution in [0.5, 0.6) is 5.75 Å². The summed E-state index contributed by atoms with van der Waals surface area (Å²) in [4.78, 5) is 14.1. The number of aromatic nitrogens is 1. The van der Waals surface area contributed by atoms with Gasteiger partial charge in [-0.3, -0.25) is 4.79 Å². The molecule has 0 aliphatic heterocycles. The minimum Gasteiger partial charge on any atom is -0.492 e. The molecular weight excluding hydrogens is 336 g/mol. The van der Waals surface area contributed by atoms with E-state index in [1.807, 2.05) is 65.5 Å². The summed E-state index contributed by atoms with van der Waals surface area (Å²) in [6, 6.07) is 18.7. The summed E-state index contributed by atoms with van der Waals surface area (Å²) in [5.74, 6) is 0.665. The molecule has 0 atom stereocenters. The number of halogens is 1. The normalized spacial score (nSPS) is 10.5. The summed E-state index contributed by atoms with van der Waals surface area (Å²) in [5.41, 5.74) is 1.68. The third-order valence-electron chi connectivity index (χ3n) is 3.86. The van der Waals surface area contributed by atoms with Crippen molar-refractivity contribution < 1.29 is 9.53 Å². The van der Waals surface area contributed by atoms with Crippen molar-refractivity contribution >= 4 is 17.5 Å². The molecule has 0 fully saturated rings. The van der Waals surface area contributed by atoms with E-state index in [1.54, 1.807) is 24.1 Å². The zero-order valence-electron chi connectivity index (χ0n) is 13.9. The number of benzene rings is 2. The van der Waals surface area contributed by atoms with Crippen molar-refractivity contribution in [2.75, 3.05) is 20.2 Å². The molecule has 0 saturated carbocycles. The topological polar surface area (TPSA) is 34.5 Å². The van der Waals surface area contributed by atoms with Gasteiger partial charge in [-0.25, -0.2) is 0 Å². The highest BCUT2D eigenvalue weighted by atomic mass is 35.5. The Labute approximate surface area is 152 Å². The Morgan fingerprint density at radius 3 is 2.48 bits per heavy atom. The molecule has 2 aromatic carbocycles. The molecule has 3 aromatic rings. The first-order valence-corrected chi connectivity index (χ1v) is 8.38.